The van der Waals surface area contributed by atoms with Gasteiger partial charge in [0.1, 0.15) is 0 Å². The van der Waals surface area contributed by atoms with Crippen molar-refractivity contribution in [2.75, 3.05) is 54.4 Å². The van der Waals surface area contributed by atoms with Gasteiger partial charge in [-0.15, -0.1) is 24.3 Å². The first-order chi connectivity index (χ1) is 23.6. The Labute approximate surface area is 359 Å². The van der Waals surface area contributed by atoms with Crippen molar-refractivity contribution >= 4 is 16.5 Å². The SMILES string of the molecule is C[NH+](C)CC[N-]C([N-][Si](C)(C)C)c1ccccc1.C[NH+](C)CC[N-]C([N-][Si](C)(C)C)c1ccccc1.[CH2-]c1ccccc1.[CH2-]c1ccccc1.[Li+].[Y]. The van der Waals surface area contributed by atoms with Gasteiger partial charge in [-0.25, -0.2) is 12.3 Å². The van der Waals surface area contributed by atoms with Gasteiger partial charge in [-0.05, 0) is 0 Å². The molecule has 0 amide bonds. The average Bonchev–Trinajstić information content (AvgIpc) is 3.05. The smallest absolute Gasteiger partial charge is 0.677 e. The molecule has 0 aliphatic rings. The Kier molecular flexibility index (Phi) is 30.2. The fourth-order valence-electron chi connectivity index (χ4n) is 4.20. The molecule has 1 radical (unpaired) electrons. The molecule has 0 aliphatic carbocycles. The van der Waals surface area contributed by atoms with Gasteiger partial charge in [0.2, 0.25) is 0 Å². The molecule has 279 valence electrons. The van der Waals surface area contributed by atoms with Crippen LogP contribution < -0.4 is 28.7 Å². The number of rotatable bonds is 14. The first kappa shape index (κ1) is 52.6. The fourth-order valence-corrected chi connectivity index (χ4v) is 6.13. The van der Waals surface area contributed by atoms with Crippen LogP contribution in [0.5, 0.6) is 0 Å². The fraction of sp³-hybridized carbons (Fsp3) is 0.381. The van der Waals surface area contributed by atoms with Gasteiger partial charge in [0.25, 0.3) is 0 Å². The predicted octanol–water partition coefficient (Wildman–Crippen LogP) is 5.56. The number of nitrogens with one attached hydrogen (secondary N) is 2. The molecule has 0 saturated heterocycles. The average molecular weight is 807 g/mol. The molecule has 0 aromatic heterocycles. The Morgan fingerprint density at radius 3 is 0.923 bits per heavy atom. The van der Waals surface area contributed by atoms with Crippen LogP contribution in [-0.2, 0) is 32.7 Å². The molecular formula is C42H66LiN6Si2Y-3. The molecule has 52 heavy (non-hydrogen) atoms. The van der Waals surface area contributed by atoms with E-state index in [0.29, 0.717) is 0 Å². The Bertz CT molecular complexity index is 1250. The zero-order valence-electron chi connectivity index (χ0n) is 34.3. The summed E-state index contributed by atoms with van der Waals surface area (Å²) in [5.41, 5.74) is 4.58. The van der Waals surface area contributed by atoms with E-state index in [2.05, 4.69) is 130 Å². The van der Waals surface area contributed by atoms with E-state index < -0.39 is 16.5 Å². The summed E-state index contributed by atoms with van der Waals surface area (Å²) < 4.78 is 0. The van der Waals surface area contributed by atoms with Crippen LogP contribution >= 0.6 is 0 Å². The number of nitrogens with zero attached hydrogens (tertiary/aromatic N) is 4. The minimum Gasteiger partial charge on any atom is -0.677 e. The standard InChI is InChI=1S/2C14H25N3Si.2C7H7.Li.Y/c2*1-17(2)12-11-15-14(16-18(3,4)5)13-9-7-6-8-10-13;2*1-7-5-3-2-4-6-7;;/h2*6-10,14H,11-12H2,1-5H3;2*2-6H,1H2;;/q2*-2;2*-1;+1;/p+2. The molecule has 4 rings (SSSR count). The van der Waals surface area contributed by atoms with Crippen molar-refractivity contribution in [3.63, 3.8) is 0 Å². The van der Waals surface area contributed by atoms with E-state index in [1.807, 2.05) is 72.8 Å². The summed E-state index contributed by atoms with van der Waals surface area (Å²) >= 11 is 0. The summed E-state index contributed by atoms with van der Waals surface area (Å²) in [4.78, 5) is 12.7. The van der Waals surface area contributed by atoms with Crippen LogP contribution in [-0.4, -0.2) is 70.8 Å². The third-order valence-corrected chi connectivity index (χ3v) is 8.77. The van der Waals surface area contributed by atoms with Gasteiger partial charge in [-0.2, -0.15) is 49.2 Å². The quantitative estimate of drug-likeness (QED) is 0.124. The Balaban J connectivity index is 0. The van der Waals surface area contributed by atoms with Crippen molar-refractivity contribution in [2.24, 2.45) is 0 Å². The van der Waals surface area contributed by atoms with Crippen molar-refractivity contribution in [1.82, 2.24) is 0 Å². The third-order valence-electron chi connectivity index (χ3n) is 6.73. The molecule has 0 bridgehead atoms. The van der Waals surface area contributed by atoms with Crippen LogP contribution in [0.3, 0.4) is 0 Å². The van der Waals surface area contributed by atoms with E-state index >= 15 is 0 Å². The van der Waals surface area contributed by atoms with Gasteiger partial charge >= 0.3 is 18.9 Å². The first-order valence-electron chi connectivity index (χ1n) is 17.7. The van der Waals surface area contributed by atoms with E-state index in [1.54, 1.807) is 0 Å². The van der Waals surface area contributed by atoms with Crippen molar-refractivity contribution < 1.29 is 61.4 Å². The second-order valence-corrected chi connectivity index (χ2v) is 24.1. The second kappa shape index (κ2) is 29.8. The summed E-state index contributed by atoms with van der Waals surface area (Å²) in [6.45, 7) is 24.9. The topological polar surface area (TPSA) is 65.3 Å². The van der Waals surface area contributed by atoms with Crippen molar-refractivity contribution in [3.8, 4) is 0 Å². The molecule has 6 nitrogen and oxygen atoms in total. The van der Waals surface area contributed by atoms with Crippen LogP contribution in [0.15, 0.2) is 121 Å². The molecule has 0 saturated carbocycles. The van der Waals surface area contributed by atoms with Crippen molar-refractivity contribution in [3.05, 3.63) is 178 Å². The Morgan fingerprint density at radius 2 is 0.731 bits per heavy atom. The molecule has 0 aliphatic heterocycles. The number of hydrogen-bond acceptors (Lipinski definition) is 0. The Hall–Kier alpha value is -1.48. The maximum Gasteiger partial charge on any atom is 1.00 e. The van der Waals surface area contributed by atoms with E-state index in [-0.39, 0.29) is 63.9 Å². The van der Waals surface area contributed by atoms with Crippen molar-refractivity contribution in [2.45, 2.75) is 51.6 Å². The van der Waals surface area contributed by atoms with Gasteiger partial charge in [-0.3, -0.25) is 0 Å². The van der Waals surface area contributed by atoms with E-state index in [0.717, 1.165) is 37.3 Å². The molecular weight excluding hydrogens is 741 g/mol. The summed E-state index contributed by atoms with van der Waals surface area (Å²) in [6, 6.07) is 40.6. The molecule has 0 spiro atoms. The summed E-state index contributed by atoms with van der Waals surface area (Å²) in [5, 5.41) is 9.53. The molecule has 4 aromatic carbocycles. The normalized spacial score (nSPS) is 11.9. The molecule has 2 atom stereocenters. The maximum atomic E-state index is 4.94. The van der Waals surface area contributed by atoms with Crippen LogP contribution in [0.4, 0.5) is 0 Å². The Morgan fingerprint density at radius 1 is 0.481 bits per heavy atom. The van der Waals surface area contributed by atoms with Gasteiger partial charge in [0, 0.05) is 32.7 Å². The zero-order valence-corrected chi connectivity index (χ0v) is 39.1. The van der Waals surface area contributed by atoms with Crippen LogP contribution in [0.25, 0.3) is 20.6 Å². The van der Waals surface area contributed by atoms with Gasteiger partial charge in [0.05, 0.1) is 41.3 Å². The summed E-state index contributed by atoms with van der Waals surface area (Å²) in [5.74, 6) is 0. The van der Waals surface area contributed by atoms with Crippen LogP contribution in [0, 0.1) is 13.8 Å². The molecule has 4 aromatic rings. The molecule has 2 N–H and O–H groups in total. The molecule has 2 unspecified atom stereocenters. The van der Waals surface area contributed by atoms with Crippen LogP contribution in [0.2, 0.25) is 39.3 Å². The second-order valence-electron chi connectivity index (χ2n) is 14.9. The third kappa shape index (κ3) is 29.9. The summed E-state index contributed by atoms with van der Waals surface area (Å²) in [6.07, 6.45) is 0.0504. The zero-order chi connectivity index (χ0) is 37.4. The summed E-state index contributed by atoms with van der Waals surface area (Å²) in [7, 11) is 5.71. The number of hydrogen-bond donors (Lipinski definition) is 2. The number of likely N-dealkylation sites (N-methyl/N-ethyl adjacent to an activating group) is 2. The minimum atomic E-state index is -1.46. The predicted molar refractivity (Wildman–Crippen MR) is 225 cm³/mol. The molecule has 10 heteroatoms. The van der Waals surface area contributed by atoms with Gasteiger partial charge < -0.3 is 30.4 Å². The first-order valence-corrected chi connectivity index (χ1v) is 24.6. The van der Waals surface area contributed by atoms with Crippen LogP contribution in [0.1, 0.15) is 34.6 Å². The number of benzene rings is 4. The van der Waals surface area contributed by atoms with Gasteiger partial charge in [-0.1, -0.05) is 153 Å². The largest absolute Gasteiger partial charge is 1.00 e. The van der Waals surface area contributed by atoms with Crippen molar-refractivity contribution in [1.29, 1.82) is 0 Å². The molecule has 0 heterocycles. The maximum absolute atomic E-state index is 4.94. The van der Waals surface area contributed by atoms with E-state index in [4.69, 9.17) is 20.6 Å². The van der Waals surface area contributed by atoms with E-state index in [9.17, 15) is 0 Å². The van der Waals surface area contributed by atoms with Gasteiger partial charge in [0.15, 0.2) is 0 Å². The minimum absolute atomic E-state index is 0. The number of quaternary nitrogens is 2. The van der Waals surface area contributed by atoms with E-state index in [1.165, 1.54) is 20.9 Å². The molecule has 0 fully saturated rings. The monoisotopic (exact) mass is 806 g/mol.